The number of nitriles is 1. The number of nitrogens with zero attached hydrogens (tertiary/aromatic N) is 1. The molecule has 7 heteroatoms. The van der Waals surface area contributed by atoms with Gasteiger partial charge in [0.15, 0.2) is 23.0 Å². The average molecular weight is 443 g/mol. The van der Waals surface area contributed by atoms with Gasteiger partial charge in [0.1, 0.15) is 6.61 Å². The Morgan fingerprint density at radius 1 is 0.938 bits per heavy atom. The molecule has 0 aliphatic carbocycles. The van der Waals surface area contributed by atoms with E-state index in [2.05, 4.69) is 18.3 Å². The molecule has 0 spiro atoms. The van der Waals surface area contributed by atoms with Crippen molar-refractivity contribution in [3.8, 4) is 34.8 Å². The monoisotopic (exact) mass is 442 g/mol. The molecule has 2 aromatic carbocycles. The minimum absolute atomic E-state index is 0.0394. The van der Waals surface area contributed by atoms with Crippen LogP contribution in [0.1, 0.15) is 31.7 Å². The largest absolute Gasteiger partial charge is 0.493 e. The molecule has 0 saturated carbocycles. The van der Waals surface area contributed by atoms with Gasteiger partial charge in [0.2, 0.25) is 5.75 Å². The summed E-state index contributed by atoms with van der Waals surface area (Å²) in [6.45, 7) is 4.28. The van der Waals surface area contributed by atoms with Gasteiger partial charge in [0, 0.05) is 6.54 Å². The van der Waals surface area contributed by atoms with Crippen LogP contribution in [-0.2, 0) is 6.42 Å². The second-order valence-corrected chi connectivity index (χ2v) is 7.20. The van der Waals surface area contributed by atoms with Crippen LogP contribution in [0.2, 0.25) is 0 Å². The molecule has 1 atom stereocenters. The molecule has 0 aromatic heterocycles. The summed E-state index contributed by atoms with van der Waals surface area (Å²) in [6.07, 6.45) is 3.05. The minimum atomic E-state index is 0.0394. The Kier molecular flexibility index (Phi) is 11.0. The summed E-state index contributed by atoms with van der Waals surface area (Å²) in [5.41, 5.74) is 0.840. The van der Waals surface area contributed by atoms with Crippen molar-refractivity contribution in [1.82, 2.24) is 5.32 Å². The Balaban J connectivity index is 1.79. The fraction of sp³-hybridized carbons (Fsp3) is 0.480. The molecule has 0 aliphatic heterocycles. The Labute approximate surface area is 191 Å². The zero-order valence-corrected chi connectivity index (χ0v) is 19.5. The quantitative estimate of drug-likeness (QED) is 0.410. The average Bonchev–Trinajstić information content (AvgIpc) is 2.82. The summed E-state index contributed by atoms with van der Waals surface area (Å²) in [4.78, 5) is 0. The van der Waals surface area contributed by atoms with Gasteiger partial charge < -0.3 is 29.0 Å². The maximum Gasteiger partial charge on any atom is 0.203 e. The van der Waals surface area contributed by atoms with Crippen LogP contribution >= 0.6 is 0 Å². The van der Waals surface area contributed by atoms with Gasteiger partial charge in [0.05, 0.1) is 39.9 Å². The molecule has 0 saturated heterocycles. The smallest absolute Gasteiger partial charge is 0.203 e. The van der Waals surface area contributed by atoms with Crippen molar-refractivity contribution >= 4 is 0 Å². The van der Waals surface area contributed by atoms with Crippen molar-refractivity contribution in [2.24, 2.45) is 0 Å². The van der Waals surface area contributed by atoms with E-state index in [0.29, 0.717) is 23.9 Å². The van der Waals surface area contributed by atoms with E-state index in [0.717, 1.165) is 49.4 Å². The van der Waals surface area contributed by atoms with Crippen LogP contribution in [0.25, 0.3) is 0 Å². The van der Waals surface area contributed by atoms with Crippen LogP contribution in [-0.4, -0.2) is 47.1 Å². The first-order chi connectivity index (χ1) is 15.7. The zero-order valence-electron chi connectivity index (χ0n) is 19.5. The fourth-order valence-corrected chi connectivity index (χ4v) is 3.34. The molecule has 0 heterocycles. The number of benzene rings is 2. The summed E-state index contributed by atoms with van der Waals surface area (Å²) in [6, 6.07) is 13.5. The third-order valence-electron chi connectivity index (χ3n) is 5.02. The highest BCUT2D eigenvalue weighted by Crippen LogP contribution is 2.39. The second-order valence-electron chi connectivity index (χ2n) is 7.20. The molecule has 0 fully saturated rings. The van der Waals surface area contributed by atoms with Gasteiger partial charge in [-0.25, -0.2) is 0 Å². The normalized spacial score (nSPS) is 11.3. The Morgan fingerprint density at radius 2 is 1.66 bits per heavy atom. The van der Waals surface area contributed by atoms with Gasteiger partial charge in [-0.3, -0.25) is 0 Å². The molecule has 0 amide bonds. The van der Waals surface area contributed by atoms with Gasteiger partial charge in [-0.1, -0.05) is 19.1 Å². The topological polar surface area (TPSA) is 82.0 Å². The maximum absolute atomic E-state index is 9.04. The van der Waals surface area contributed by atoms with Crippen LogP contribution < -0.4 is 29.0 Å². The minimum Gasteiger partial charge on any atom is -0.493 e. The van der Waals surface area contributed by atoms with Crippen molar-refractivity contribution in [3.05, 3.63) is 42.0 Å². The Morgan fingerprint density at radius 3 is 2.31 bits per heavy atom. The standard InChI is InChI=1S/C25H34N2O5/c1-5-20(32-24-18-19(12-13-26)17-23(29-3)25(24)30-4)9-8-14-27-15-16-31-22-11-7-6-10-21(22)28-2/h6-7,10-11,17-18,20,27H,5,8-9,12,14-16H2,1-4H3. The molecule has 0 bridgehead atoms. The fourth-order valence-electron chi connectivity index (χ4n) is 3.34. The summed E-state index contributed by atoms with van der Waals surface area (Å²) in [5, 5.41) is 12.4. The highest BCUT2D eigenvalue weighted by Gasteiger charge is 2.17. The second kappa shape index (κ2) is 14.0. The first-order valence-electron chi connectivity index (χ1n) is 10.9. The number of para-hydroxylation sites is 2. The lowest BCUT2D eigenvalue weighted by Gasteiger charge is -2.21. The van der Waals surface area contributed by atoms with Gasteiger partial charge in [-0.2, -0.15) is 5.26 Å². The SMILES string of the molecule is CCC(CCCNCCOc1ccccc1OC)Oc1cc(CC#N)cc(OC)c1OC. The molecule has 1 N–H and O–H groups in total. The van der Waals surface area contributed by atoms with Crippen molar-refractivity contribution in [2.75, 3.05) is 41.0 Å². The van der Waals surface area contributed by atoms with Crippen molar-refractivity contribution < 1.29 is 23.7 Å². The van der Waals surface area contributed by atoms with E-state index < -0.39 is 0 Å². The Hall–Kier alpha value is -3.11. The van der Waals surface area contributed by atoms with Gasteiger partial charge in [-0.05, 0) is 55.6 Å². The first kappa shape index (κ1) is 25.2. The highest BCUT2D eigenvalue weighted by atomic mass is 16.5. The molecule has 7 nitrogen and oxygen atoms in total. The molecular weight excluding hydrogens is 408 g/mol. The van der Waals surface area contributed by atoms with Crippen LogP contribution in [0, 0.1) is 11.3 Å². The van der Waals surface area contributed by atoms with Crippen LogP contribution in [0.3, 0.4) is 0 Å². The molecule has 2 rings (SSSR count). The molecule has 0 aliphatic rings. The molecule has 0 radical (unpaired) electrons. The lowest BCUT2D eigenvalue weighted by molar-refractivity contribution is 0.174. The summed E-state index contributed by atoms with van der Waals surface area (Å²) in [7, 11) is 4.81. The van der Waals surface area contributed by atoms with E-state index in [4.69, 9.17) is 28.9 Å². The lowest BCUT2D eigenvalue weighted by atomic mass is 10.1. The number of ether oxygens (including phenoxy) is 5. The van der Waals surface area contributed by atoms with Gasteiger partial charge in [-0.15, -0.1) is 0 Å². The third kappa shape index (κ3) is 7.54. The van der Waals surface area contributed by atoms with Gasteiger partial charge in [0.25, 0.3) is 0 Å². The molecule has 174 valence electrons. The van der Waals surface area contributed by atoms with Gasteiger partial charge >= 0.3 is 0 Å². The van der Waals surface area contributed by atoms with E-state index in [1.54, 1.807) is 21.3 Å². The predicted octanol–water partition coefficient (Wildman–Crippen LogP) is 4.38. The summed E-state index contributed by atoms with van der Waals surface area (Å²) >= 11 is 0. The number of hydrogen-bond donors (Lipinski definition) is 1. The van der Waals surface area contributed by atoms with E-state index in [1.807, 2.05) is 36.4 Å². The number of nitrogens with one attached hydrogen (secondary N) is 1. The number of hydrogen-bond acceptors (Lipinski definition) is 7. The van der Waals surface area contributed by atoms with E-state index in [9.17, 15) is 0 Å². The van der Waals surface area contributed by atoms with Crippen molar-refractivity contribution in [2.45, 2.75) is 38.7 Å². The first-order valence-corrected chi connectivity index (χ1v) is 10.9. The Bertz CT molecular complexity index is 866. The van der Waals surface area contributed by atoms with Crippen LogP contribution in [0.4, 0.5) is 0 Å². The molecular formula is C25H34N2O5. The highest BCUT2D eigenvalue weighted by molar-refractivity contribution is 5.54. The van der Waals surface area contributed by atoms with E-state index in [-0.39, 0.29) is 12.5 Å². The van der Waals surface area contributed by atoms with Crippen LogP contribution in [0.5, 0.6) is 28.7 Å². The molecule has 32 heavy (non-hydrogen) atoms. The molecule has 1 unspecified atom stereocenters. The summed E-state index contributed by atoms with van der Waals surface area (Å²) < 4.78 is 28.2. The zero-order chi connectivity index (χ0) is 23.2. The van der Waals surface area contributed by atoms with Crippen molar-refractivity contribution in [3.63, 3.8) is 0 Å². The summed E-state index contributed by atoms with van der Waals surface area (Å²) in [5.74, 6) is 3.23. The molecule has 2 aromatic rings. The predicted molar refractivity (Wildman–Crippen MR) is 124 cm³/mol. The van der Waals surface area contributed by atoms with Crippen molar-refractivity contribution in [1.29, 1.82) is 5.26 Å². The van der Waals surface area contributed by atoms with E-state index in [1.165, 1.54) is 0 Å². The number of rotatable bonds is 15. The maximum atomic E-state index is 9.04. The lowest BCUT2D eigenvalue weighted by Crippen LogP contribution is -2.24. The number of methoxy groups -OCH3 is 3. The third-order valence-corrected chi connectivity index (χ3v) is 5.02. The van der Waals surface area contributed by atoms with E-state index >= 15 is 0 Å². The van der Waals surface area contributed by atoms with Crippen LogP contribution in [0.15, 0.2) is 36.4 Å².